The maximum absolute atomic E-state index is 10.0. The van der Waals surface area contributed by atoms with Crippen LogP contribution >= 0.6 is 0 Å². The lowest BCUT2D eigenvalue weighted by Gasteiger charge is -2.00. The number of rotatable bonds is 10. The van der Waals surface area contributed by atoms with E-state index in [1.165, 1.54) is 57.8 Å². The summed E-state index contributed by atoms with van der Waals surface area (Å²) in [5.74, 6) is -0.796. The molecule has 1 fully saturated rings. The first-order chi connectivity index (χ1) is 9.70. The van der Waals surface area contributed by atoms with Crippen LogP contribution in [0.2, 0.25) is 0 Å². The second-order valence-electron chi connectivity index (χ2n) is 5.25. The van der Waals surface area contributed by atoms with E-state index in [0.717, 1.165) is 6.42 Å². The van der Waals surface area contributed by atoms with E-state index in [9.17, 15) is 9.59 Å². The van der Waals surface area contributed by atoms with Gasteiger partial charge >= 0.3 is 11.9 Å². The predicted molar refractivity (Wildman–Crippen MR) is 79.3 cm³/mol. The van der Waals surface area contributed by atoms with Crippen molar-refractivity contribution in [1.29, 1.82) is 0 Å². The van der Waals surface area contributed by atoms with Gasteiger partial charge in [-0.3, -0.25) is 9.59 Å². The lowest BCUT2D eigenvalue weighted by atomic mass is 10.1. The van der Waals surface area contributed by atoms with E-state index in [2.05, 4.69) is 11.7 Å². The van der Waals surface area contributed by atoms with E-state index in [1.807, 2.05) is 0 Å². The third-order valence-electron chi connectivity index (χ3n) is 3.27. The summed E-state index contributed by atoms with van der Waals surface area (Å²) in [5.41, 5.74) is 0. The summed E-state index contributed by atoms with van der Waals surface area (Å²) in [5, 5.41) is 8.57. The molecule has 1 saturated heterocycles. The Morgan fingerprint density at radius 2 is 1.20 bits per heavy atom. The van der Waals surface area contributed by atoms with E-state index in [0.29, 0.717) is 6.61 Å². The fourth-order valence-corrected chi connectivity index (χ4v) is 2.03. The Morgan fingerprint density at radius 3 is 1.50 bits per heavy atom. The second kappa shape index (κ2) is 14.5. The molecule has 1 aliphatic rings. The lowest BCUT2D eigenvalue weighted by molar-refractivity contribution is -0.151. The van der Waals surface area contributed by atoms with Gasteiger partial charge < -0.3 is 9.84 Å². The molecule has 0 atom stereocenters. The molecule has 0 saturated carbocycles. The minimum Gasteiger partial charge on any atom is -0.396 e. The topological polar surface area (TPSA) is 63.6 Å². The number of carbonyl (C=O) groups excluding carboxylic acids is 2. The number of esters is 2. The summed E-state index contributed by atoms with van der Waals surface area (Å²) in [6.07, 6.45) is 13.8. The molecule has 0 aromatic heterocycles. The maximum atomic E-state index is 10.0. The number of aliphatic hydroxyl groups excluding tert-OH is 1. The van der Waals surface area contributed by atoms with Gasteiger partial charge in [-0.2, -0.15) is 0 Å². The van der Waals surface area contributed by atoms with E-state index in [-0.39, 0.29) is 12.8 Å². The molecule has 0 aromatic carbocycles. The van der Waals surface area contributed by atoms with Crippen molar-refractivity contribution in [2.45, 2.75) is 84.0 Å². The number of hydrogen-bond acceptors (Lipinski definition) is 4. The van der Waals surface area contributed by atoms with Crippen LogP contribution in [0.3, 0.4) is 0 Å². The van der Waals surface area contributed by atoms with Crippen LogP contribution in [0.5, 0.6) is 0 Å². The third-order valence-corrected chi connectivity index (χ3v) is 3.27. The molecule has 4 nitrogen and oxygen atoms in total. The van der Waals surface area contributed by atoms with Gasteiger partial charge in [0.1, 0.15) is 0 Å². The Balaban J connectivity index is 0.000000428. The average Bonchev–Trinajstić information content (AvgIpc) is 2.81. The van der Waals surface area contributed by atoms with Gasteiger partial charge in [-0.05, 0) is 6.42 Å². The Hall–Kier alpha value is -0.900. The van der Waals surface area contributed by atoms with Crippen LogP contribution in [0.4, 0.5) is 0 Å². The van der Waals surface area contributed by atoms with Crippen LogP contribution < -0.4 is 0 Å². The summed E-state index contributed by atoms with van der Waals surface area (Å²) >= 11 is 0. The van der Waals surface area contributed by atoms with Gasteiger partial charge in [0, 0.05) is 6.61 Å². The number of ether oxygens (including phenoxy) is 1. The average molecular weight is 286 g/mol. The number of hydrogen-bond donors (Lipinski definition) is 1. The largest absolute Gasteiger partial charge is 0.396 e. The Morgan fingerprint density at radius 1 is 0.800 bits per heavy atom. The molecule has 0 unspecified atom stereocenters. The summed E-state index contributed by atoms with van der Waals surface area (Å²) in [6, 6.07) is 0. The predicted octanol–water partition coefficient (Wildman–Crippen LogP) is 3.75. The number of aliphatic hydroxyl groups is 1. The van der Waals surface area contributed by atoms with Crippen molar-refractivity contribution in [3.63, 3.8) is 0 Å². The zero-order valence-corrected chi connectivity index (χ0v) is 12.9. The smallest absolute Gasteiger partial charge is 0.314 e. The van der Waals surface area contributed by atoms with Gasteiger partial charge in [0.25, 0.3) is 0 Å². The van der Waals surface area contributed by atoms with E-state index < -0.39 is 11.9 Å². The Kier molecular flexibility index (Phi) is 13.9. The Bertz CT molecular complexity index is 227. The van der Waals surface area contributed by atoms with E-state index in [1.54, 1.807) is 0 Å². The minimum absolute atomic E-state index is 0.263. The highest BCUT2D eigenvalue weighted by molar-refractivity contribution is 5.92. The van der Waals surface area contributed by atoms with E-state index >= 15 is 0 Å². The van der Waals surface area contributed by atoms with Gasteiger partial charge in [-0.15, -0.1) is 0 Å². The molecule has 118 valence electrons. The lowest BCUT2D eigenvalue weighted by Crippen LogP contribution is -1.94. The Labute approximate surface area is 122 Å². The van der Waals surface area contributed by atoms with Crippen molar-refractivity contribution < 1.29 is 19.4 Å². The van der Waals surface area contributed by atoms with Gasteiger partial charge in [-0.1, -0.05) is 64.7 Å². The molecule has 4 heteroatoms. The second-order valence-corrected chi connectivity index (χ2v) is 5.25. The molecule has 0 amide bonds. The van der Waals surface area contributed by atoms with Crippen molar-refractivity contribution >= 4 is 11.9 Å². The van der Waals surface area contributed by atoms with Gasteiger partial charge in [0.05, 0.1) is 12.8 Å². The molecular formula is C16H30O4. The molecule has 0 aromatic rings. The number of unbranched alkanes of at least 4 members (excludes halogenated alkanes) is 9. The molecule has 1 heterocycles. The summed E-state index contributed by atoms with van der Waals surface area (Å²) in [4.78, 5) is 20.0. The van der Waals surface area contributed by atoms with Crippen molar-refractivity contribution in [1.82, 2.24) is 0 Å². The molecule has 0 spiro atoms. The molecule has 0 bridgehead atoms. The SMILES string of the molecule is CCCCCCCCCCCCO.O=C1CCC(=O)O1. The van der Waals surface area contributed by atoms with Crippen molar-refractivity contribution in [3.8, 4) is 0 Å². The summed E-state index contributed by atoms with van der Waals surface area (Å²) < 4.78 is 4.08. The first-order valence-electron chi connectivity index (χ1n) is 8.05. The van der Waals surface area contributed by atoms with Crippen LogP contribution in [-0.4, -0.2) is 23.7 Å². The summed E-state index contributed by atoms with van der Waals surface area (Å²) in [6.45, 7) is 2.63. The highest BCUT2D eigenvalue weighted by atomic mass is 16.6. The van der Waals surface area contributed by atoms with Crippen molar-refractivity contribution in [2.75, 3.05) is 6.61 Å². The van der Waals surface area contributed by atoms with E-state index in [4.69, 9.17) is 5.11 Å². The maximum Gasteiger partial charge on any atom is 0.314 e. The molecule has 20 heavy (non-hydrogen) atoms. The number of cyclic esters (lactones) is 2. The fraction of sp³-hybridized carbons (Fsp3) is 0.875. The molecule has 0 radical (unpaired) electrons. The normalized spacial score (nSPS) is 13.9. The molecule has 1 aliphatic heterocycles. The van der Waals surface area contributed by atoms with Crippen molar-refractivity contribution in [3.05, 3.63) is 0 Å². The van der Waals surface area contributed by atoms with Crippen LogP contribution in [0.15, 0.2) is 0 Å². The zero-order chi connectivity index (χ0) is 15.1. The highest BCUT2D eigenvalue weighted by Gasteiger charge is 2.19. The van der Waals surface area contributed by atoms with Crippen LogP contribution in [-0.2, 0) is 14.3 Å². The van der Waals surface area contributed by atoms with Gasteiger partial charge in [0.2, 0.25) is 0 Å². The quantitative estimate of drug-likeness (QED) is 0.377. The van der Waals surface area contributed by atoms with Gasteiger partial charge in [-0.25, -0.2) is 0 Å². The zero-order valence-electron chi connectivity index (χ0n) is 12.9. The molecular weight excluding hydrogens is 256 g/mol. The van der Waals surface area contributed by atoms with Crippen LogP contribution in [0, 0.1) is 0 Å². The molecule has 1 N–H and O–H groups in total. The minimum atomic E-state index is -0.398. The standard InChI is InChI=1S/C12H26O.C4H4O3/c1-2-3-4-5-6-7-8-9-10-11-12-13;5-3-1-2-4(6)7-3/h13H,2-12H2,1H3;1-2H2. The van der Waals surface area contributed by atoms with Crippen LogP contribution in [0.1, 0.15) is 84.0 Å². The molecule has 1 rings (SSSR count). The van der Waals surface area contributed by atoms with Gasteiger partial charge in [0.15, 0.2) is 0 Å². The first kappa shape index (κ1) is 19.1. The highest BCUT2D eigenvalue weighted by Crippen LogP contribution is 2.10. The molecule has 0 aliphatic carbocycles. The van der Waals surface area contributed by atoms with Crippen molar-refractivity contribution in [2.24, 2.45) is 0 Å². The first-order valence-corrected chi connectivity index (χ1v) is 8.05. The third kappa shape index (κ3) is 13.5. The van der Waals surface area contributed by atoms with Crippen LogP contribution in [0.25, 0.3) is 0 Å². The fourth-order valence-electron chi connectivity index (χ4n) is 2.03. The monoisotopic (exact) mass is 286 g/mol. The number of carbonyl (C=O) groups is 2. The summed E-state index contributed by atoms with van der Waals surface area (Å²) in [7, 11) is 0.